The second-order valence-corrected chi connectivity index (χ2v) is 3.60. The molecule has 16 heavy (non-hydrogen) atoms. The Morgan fingerprint density at radius 1 is 1.50 bits per heavy atom. The standard InChI is InChI=1S/C10H20N2O4/c1-3-4-8(11)10(15)12-6-7(16-2)5-9(13)14/h7-8H,3-6,11H2,1-2H3,(H,12,15)(H,13,14). The molecule has 0 heterocycles. The molecule has 2 atom stereocenters. The molecule has 0 aliphatic carbocycles. The third kappa shape index (κ3) is 6.36. The number of amides is 1. The van der Waals surface area contributed by atoms with Crippen molar-refractivity contribution in [3.63, 3.8) is 0 Å². The zero-order chi connectivity index (χ0) is 12.6. The lowest BCUT2D eigenvalue weighted by atomic mass is 10.1. The van der Waals surface area contributed by atoms with Gasteiger partial charge in [0.1, 0.15) is 0 Å². The molecule has 0 spiro atoms. The maximum Gasteiger partial charge on any atom is 0.306 e. The highest BCUT2D eigenvalue weighted by molar-refractivity contribution is 5.81. The van der Waals surface area contributed by atoms with Crippen molar-refractivity contribution < 1.29 is 19.4 Å². The SMILES string of the molecule is CCCC(N)C(=O)NCC(CC(=O)O)OC. The van der Waals surface area contributed by atoms with Crippen molar-refractivity contribution in [3.8, 4) is 0 Å². The number of rotatable bonds is 8. The molecule has 0 fully saturated rings. The summed E-state index contributed by atoms with van der Waals surface area (Å²) >= 11 is 0. The minimum atomic E-state index is -0.959. The van der Waals surface area contributed by atoms with Gasteiger partial charge in [-0.25, -0.2) is 0 Å². The largest absolute Gasteiger partial charge is 0.481 e. The first-order valence-corrected chi connectivity index (χ1v) is 5.29. The summed E-state index contributed by atoms with van der Waals surface area (Å²) in [6.45, 7) is 2.11. The fourth-order valence-electron chi connectivity index (χ4n) is 1.22. The lowest BCUT2D eigenvalue weighted by molar-refractivity contribution is -0.140. The molecule has 0 bridgehead atoms. The molecular weight excluding hydrogens is 212 g/mol. The van der Waals surface area contributed by atoms with E-state index in [2.05, 4.69) is 5.32 Å². The van der Waals surface area contributed by atoms with E-state index in [-0.39, 0.29) is 18.9 Å². The first kappa shape index (κ1) is 14.9. The van der Waals surface area contributed by atoms with E-state index in [4.69, 9.17) is 15.6 Å². The number of hydrogen-bond donors (Lipinski definition) is 3. The van der Waals surface area contributed by atoms with Crippen molar-refractivity contribution in [3.05, 3.63) is 0 Å². The lowest BCUT2D eigenvalue weighted by Crippen LogP contribution is -2.44. The first-order chi connectivity index (χ1) is 7.51. The summed E-state index contributed by atoms with van der Waals surface area (Å²) in [5.41, 5.74) is 5.59. The molecule has 0 aromatic carbocycles. The van der Waals surface area contributed by atoms with Crippen molar-refractivity contribution in [1.29, 1.82) is 0 Å². The van der Waals surface area contributed by atoms with Crippen LogP contribution < -0.4 is 11.1 Å². The van der Waals surface area contributed by atoms with Crippen LogP contribution in [0.3, 0.4) is 0 Å². The van der Waals surface area contributed by atoms with Crippen LogP contribution in [0.5, 0.6) is 0 Å². The van der Waals surface area contributed by atoms with Gasteiger partial charge in [0.2, 0.25) is 5.91 Å². The number of nitrogens with one attached hydrogen (secondary N) is 1. The minimum Gasteiger partial charge on any atom is -0.481 e. The van der Waals surface area contributed by atoms with Gasteiger partial charge in [-0.15, -0.1) is 0 Å². The number of nitrogens with two attached hydrogens (primary N) is 1. The molecule has 0 aliphatic heterocycles. The summed E-state index contributed by atoms with van der Waals surface area (Å²) < 4.78 is 4.91. The fraction of sp³-hybridized carbons (Fsp3) is 0.800. The van der Waals surface area contributed by atoms with E-state index >= 15 is 0 Å². The summed E-state index contributed by atoms with van der Waals surface area (Å²) in [7, 11) is 1.41. The van der Waals surface area contributed by atoms with Gasteiger partial charge in [0, 0.05) is 13.7 Å². The van der Waals surface area contributed by atoms with Gasteiger partial charge in [-0.1, -0.05) is 13.3 Å². The van der Waals surface area contributed by atoms with Gasteiger partial charge in [-0.3, -0.25) is 9.59 Å². The molecular formula is C10H20N2O4. The number of ether oxygens (including phenoxy) is 1. The van der Waals surface area contributed by atoms with Crippen LogP contribution in [0.25, 0.3) is 0 Å². The van der Waals surface area contributed by atoms with Crippen LogP contribution in [-0.2, 0) is 14.3 Å². The molecule has 4 N–H and O–H groups in total. The van der Waals surface area contributed by atoms with E-state index in [1.807, 2.05) is 6.92 Å². The van der Waals surface area contributed by atoms with Gasteiger partial charge in [0.25, 0.3) is 0 Å². The summed E-state index contributed by atoms with van der Waals surface area (Å²) in [5, 5.41) is 11.1. The number of methoxy groups -OCH3 is 1. The fourth-order valence-corrected chi connectivity index (χ4v) is 1.22. The van der Waals surface area contributed by atoms with E-state index in [0.29, 0.717) is 6.42 Å². The number of carbonyl (C=O) groups is 2. The summed E-state index contributed by atoms with van der Waals surface area (Å²) in [4.78, 5) is 21.8. The molecule has 0 saturated carbocycles. The van der Waals surface area contributed by atoms with Gasteiger partial charge in [0.15, 0.2) is 0 Å². The highest BCUT2D eigenvalue weighted by Gasteiger charge is 2.16. The van der Waals surface area contributed by atoms with Crippen LogP contribution in [0, 0.1) is 0 Å². The Hall–Kier alpha value is -1.14. The number of aliphatic carboxylic acids is 1. The van der Waals surface area contributed by atoms with Gasteiger partial charge in [0.05, 0.1) is 18.6 Å². The third-order valence-electron chi connectivity index (χ3n) is 2.18. The molecule has 0 aromatic rings. The highest BCUT2D eigenvalue weighted by Crippen LogP contribution is 1.97. The monoisotopic (exact) mass is 232 g/mol. The predicted octanol–water partition coefficient (Wildman–Crippen LogP) is -0.280. The van der Waals surface area contributed by atoms with Crippen LogP contribution in [-0.4, -0.2) is 42.8 Å². The normalized spacial score (nSPS) is 14.2. The van der Waals surface area contributed by atoms with Crippen LogP contribution >= 0.6 is 0 Å². The smallest absolute Gasteiger partial charge is 0.306 e. The molecule has 0 rings (SSSR count). The van der Waals surface area contributed by atoms with E-state index in [1.54, 1.807) is 0 Å². The van der Waals surface area contributed by atoms with Crippen LogP contribution in [0.2, 0.25) is 0 Å². The number of carboxylic acid groups (broad SMARTS) is 1. The quantitative estimate of drug-likeness (QED) is 0.534. The molecule has 0 aliphatic rings. The Morgan fingerprint density at radius 2 is 2.12 bits per heavy atom. The average molecular weight is 232 g/mol. The molecule has 0 saturated heterocycles. The van der Waals surface area contributed by atoms with E-state index in [1.165, 1.54) is 7.11 Å². The highest BCUT2D eigenvalue weighted by atomic mass is 16.5. The number of hydrogen-bond acceptors (Lipinski definition) is 4. The average Bonchev–Trinajstić information content (AvgIpc) is 2.23. The van der Waals surface area contributed by atoms with Crippen molar-refractivity contribution in [2.45, 2.75) is 38.3 Å². The van der Waals surface area contributed by atoms with Crippen LogP contribution in [0.15, 0.2) is 0 Å². The maximum atomic E-state index is 11.4. The lowest BCUT2D eigenvalue weighted by Gasteiger charge is -2.16. The number of carboxylic acids is 1. The molecule has 2 unspecified atom stereocenters. The zero-order valence-electron chi connectivity index (χ0n) is 9.73. The Kier molecular flexibility index (Phi) is 7.49. The van der Waals surface area contributed by atoms with Crippen molar-refractivity contribution in [2.75, 3.05) is 13.7 Å². The van der Waals surface area contributed by atoms with Gasteiger partial charge < -0.3 is 20.9 Å². The number of carbonyl (C=O) groups excluding carboxylic acids is 1. The van der Waals surface area contributed by atoms with E-state index in [9.17, 15) is 9.59 Å². The Bertz CT molecular complexity index is 233. The summed E-state index contributed by atoms with van der Waals surface area (Å²) in [5.74, 6) is -1.23. The van der Waals surface area contributed by atoms with Gasteiger partial charge in [-0.2, -0.15) is 0 Å². The predicted molar refractivity (Wildman–Crippen MR) is 58.9 cm³/mol. The van der Waals surface area contributed by atoms with Gasteiger partial charge >= 0.3 is 5.97 Å². The third-order valence-corrected chi connectivity index (χ3v) is 2.18. The Balaban J connectivity index is 3.91. The first-order valence-electron chi connectivity index (χ1n) is 5.29. The minimum absolute atomic E-state index is 0.139. The topological polar surface area (TPSA) is 102 Å². The van der Waals surface area contributed by atoms with Crippen molar-refractivity contribution >= 4 is 11.9 Å². The van der Waals surface area contributed by atoms with Crippen molar-refractivity contribution in [2.24, 2.45) is 5.73 Å². The molecule has 1 amide bonds. The second kappa shape index (κ2) is 8.06. The Labute approximate surface area is 95.1 Å². The summed E-state index contributed by atoms with van der Waals surface area (Å²) in [6.07, 6.45) is 0.787. The summed E-state index contributed by atoms with van der Waals surface area (Å²) in [6, 6.07) is -0.535. The van der Waals surface area contributed by atoms with Crippen molar-refractivity contribution in [1.82, 2.24) is 5.32 Å². The Morgan fingerprint density at radius 3 is 2.56 bits per heavy atom. The van der Waals surface area contributed by atoms with Crippen LogP contribution in [0.1, 0.15) is 26.2 Å². The molecule has 0 radical (unpaired) electrons. The van der Waals surface area contributed by atoms with Crippen LogP contribution in [0.4, 0.5) is 0 Å². The van der Waals surface area contributed by atoms with E-state index < -0.39 is 18.1 Å². The zero-order valence-corrected chi connectivity index (χ0v) is 9.73. The molecule has 0 aromatic heterocycles. The van der Waals surface area contributed by atoms with E-state index in [0.717, 1.165) is 6.42 Å². The molecule has 6 nitrogen and oxygen atoms in total. The molecule has 6 heteroatoms. The second-order valence-electron chi connectivity index (χ2n) is 3.60. The van der Waals surface area contributed by atoms with Gasteiger partial charge in [-0.05, 0) is 6.42 Å². The molecule has 94 valence electrons. The maximum absolute atomic E-state index is 11.4.